The highest BCUT2D eigenvalue weighted by Crippen LogP contribution is 2.24. The summed E-state index contributed by atoms with van der Waals surface area (Å²) in [5.41, 5.74) is -0.794. The molecule has 0 aliphatic heterocycles. The molecule has 0 aliphatic rings. The van der Waals surface area contributed by atoms with Gasteiger partial charge in [0.05, 0.1) is 11.6 Å². The molecule has 0 aromatic heterocycles. The first-order chi connectivity index (χ1) is 10.7. The van der Waals surface area contributed by atoms with Gasteiger partial charge >= 0.3 is 6.03 Å². The molecule has 7 heteroatoms. The quantitative estimate of drug-likeness (QED) is 0.711. The highest BCUT2D eigenvalue weighted by atomic mass is 32.2. The summed E-state index contributed by atoms with van der Waals surface area (Å²) < 4.78 is 27.0. The van der Waals surface area contributed by atoms with Gasteiger partial charge in [-0.3, -0.25) is 0 Å². The van der Waals surface area contributed by atoms with E-state index in [1.807, 2.05) is 20.1 Å². The number of hydrogen-bond acceptors (Lipinski definition) is 3. The Kier molecular flexibility index (Phi) is 7.28. The fraction of sp³-hybridized carbons (Fsp3) is 0.562. The molecule has 2 amide bonds. The van der Waals surface area contributed by atoms with Crippen molar-refractivity contribution in [1.29, 1.82) is 0 Å². The molecule has 4 nitrogen and oxygen atoms in total. The molecule has 0 saturated heterocycles. The van der Waals surface area contributed by atoms with Gasteiger partial charge in [0.1, 0.15) is 11.6 Å². The van der Waals surface area contributed by atoms with Gasteiger partial charge in [0.15, 0.2) is 0 Å². The third kappa shape index (κ3) is 6.35. The summed E-state index contributed by atoms with van der Waals surface area (Å²) >= 11 is 1.47. The second kappa shape index (κ2) is 8.49. The van der Waals surface area contributed by atoms with Crippen LogP contribution in [-0.2, 0) is 0 Å². The Hall–Kier alpha value is -1.34. The zero-order valence-corrected chi connectivity index (χ0v) is 14.6. The Bertz CT molecular complexity index is 539. The van der Waals surface area contributed by atoms with Crippen LogP contribution in [0.4, 0.5) is 13.6 Å². The normalized spacial score (nSPS) is 15.1. The van der Waals surface area contributed by atoms with E-state index < -0.39 is 29.3 Å². The fourth-order valence-corrected chi connectivity index (χ4v) is 2.91. The van der Waals surface area contributed by atoms with Crippen LogP contribution in [0.25, 0.3) is 0 Å². The van der Waals surface area contributed by atoms with Crippen molar-refractivity contribution < 1.29 is 18.7 Å². The van der Waals surface area contributed by atoms with Crippen molar-refractivity contribution in [2.75, 3.05) is 18.6 Å². The van der Waals surface area contributed by atoms with Crippen molar-refractivity contribution in [2.24, 2.45) is 5.92 Å². The number of halogens is 2. The van der Waals surface area contributed by atoms with Gasteiger partial charge in [0.2, 0.25) is 0 Å². The Morgan fingerprint density at radius 1 is 1.39 bits per heavy atom. The van der Waals surface area contributed by atoms with Gasteiger partial charge < -0.3 is 15.7 Å². The van der Waals surface area contributed by atoms with E-state index in [0.717, 1.165) is 12.1 Å². The van der Waals surface area contributed by atoms with E-state index in [1.165, 1.54) is 17.8 Å². The standard InChI is InChI=1S/C16H24F2N2O2S/c1-10(2)14(12-6-5-11(17)7-13(12)18)20-15(21)19-8-16(3,22)9-23-4/h5-7,10,14,22H,8-9H2,1-4H3,(H2,19,20,21). The predicted octanol–water partition coefficient (Wildman–Crippen LogP) is 3.08. The zero-order valence-electron chi connectivity index (χ0n) is 13.8. The molecule has 2 unspecified atom stereocenters. The maximum absolute atomic E-state index is 13.9. The number of carbonyl (C=O) groups is 1. The zero-order chi connectivity index (χ0) is 17.6. The molecule has 0 heterocycles. The monoisotopic (exact) mass is 346 g/mol. The van der Waals surface area contributed by atoms with Crippen molar-refractivity contribution in [1.82, 2.24) is 10.6 Å². The van der Waals surface area contributed by atoms with E-state index in [9.17, 15) is 18.7 Å². The molecule has 0 radical (unpaired) electrons. The minimum atomic E-state index is -1.02. The molecule has 0 bridgehead atoms. The number of benzene rings is 1. The lowest BCUT2D eigenvalue weighted by molar-refractivity contribution is 0.0866. The first kappa shape index (κ1) is 19.7. The molecule has 1 aromatic rings. The largest absolute Gasteiger partial charge is 0.387 e. The van der Waals surface area contributed by atoms with Gasteiger partial charge in [0, 0.05) is 23.9 Å². The van der Waals surface area contributed by atoms with Gasteiger partial charge in [-0.15, -0.1) is 0 Å². The van der Waals surface area contributed by atoms with Crippen molar-refractivity contribution >= 4 is 17.8 Å². The molecule has 0 saturated carbocycles. The minimum Gasteiger partial charge on any atom is -0.387 e. The first-order valence-electron chi connectivity index (χ1n) is 7.37. The lowest BCUT2D eigenvalue weighted by Gasteiger charge is -2.26. The highest BCUT2D eigenvalue weighted by Gasteiger charge is 2.24. The number of amides is 2. The van der Waals surface area contributed by atoms with Crippen molar-refractivity contribution in [3.8, 4) is 0 Å². The number of rotatable bonds is 7. The third-order valence-electron chi connectivity index (χ3n) is 3.34. The van der Waals surface area contributed by atoms with E-state index in [0.29, 0.717) is 5.75 Å². The summed E-state index contributed by atoms with van der Waals surface area (Å²) in [6, 6.07) is 2.19. The molecule has 130 valence electrons. The van der Waals surface area contributed by atoms with Crippen LogP contribution in [0, 0.1) is 17.6 Å². The molecule has 0 aliphatic carbocycles. The number of nitrogens with one attached hydrogen (secondary N) is 2. The first-order valence-corrected chi connectivity index (χ1v) is 8.76. The van der Waals surface area contributed by atoms with E-state index in [4.69, 9.17) is 0 Å². The molecule has 3 N–H and O–H groups in total. The van der Waals surface area contributed by atoms with Crippen LogP contribution in [0.1, 0.15) is 32.4 Å². The van der Waals surface area contributed by atoms with E-state index in [-0.39, 0.29) is 18.0 Å². The highest BCUT2D eigenvalue weighted by molar-refractivity contribution is 7.98. The molecule has 2 atom stereocenters. The lowest BCUT2D eigenvalue weighted by atomic mass is 9.95. The summed E-state index contributed by atoms with van der Waals surface area (Å²) in [7, 11) is 0. The number of thioether (sulfide) groups is 1. The number of carbonyl (C=O) groups excluding carboxylic acids is 1. The van der Waals surface area contributed by atoms with Gasteiger partial charge in [-0.25, -0.2) is 13.6 Å². The van der Waals surface area contributed by atoms with Crippen LogP contribution in [0.5, 0.6) is 0 Å². The third-order valence-corrected chi connectivity index (χ3v) is 4.25. The molecule has 0 spiro atoms. The number of aliphatic hydroxyl groups is 1. The number of hydrogen-bond donors (Lipinski definition) is 3. The molecule has 1 aromatic carbocycles. The van der Waals surface area contributed by atoms with Gasteiger partial charge in [-0.05, 0) is 25.2 Å². The predicted molar refractivity (Wildman–Crippen MR) is 89.5 cm³/mol. The van der Waals surface area contributed by atoms with Crippen LogP contribution >= 0.6 is 11.8 Å². The van der Waals surface area contributed by atoms with Gasteiger partial charge in [0.25, 0.3) is 0 Å². The second-order valence-corrected chi connectivity index (χ2v) is 7.01. The summed E-state index contributed by atoms with van der Waals surface area (Å²) in [5, 5.41) is 15.3. The van der Waals surface area contributed by atoms with E-state index in [2.05, 4.69) is 10.6 Å². The molecule has 1 rings (SSSR count). The lowest BCUT2D eigenvalue weighted by Crippen LogP contribution is -2.47. The van der Waals surface area contributed by atoms with Crippen LogP contribution in [-0.4, -0.2) is 35.3 Å². The van der Waals surface area contributed by atoms with Crippen molar-refractivity contribution in [3.05, 3.63) is 35.4 Å². The average molecular weight is 346 g/mol. The van der Waals surface area contributed by atoms with E-state index in [1.54, 1.807) is 6.92 Å². The smallest absolute Gasteiger partial charge is 0.315 e. The van der Waals surface area contributed by atoms with Crippen LogP contribution in [0.15, 0.2) is 18.2 Å². The Labute approximate surface area is 140 Å². The minimum absolute atomic E-state index is 0.0798. The summed E-state index contributed by atoms with van der Waals surface area (Å²) in [6.45, 7) is 5.37. The van der Waals surface area contributed by atoms with Crippen molar-refractivity contribution in [3.63, 3.8) is 0 Å². The topological polar surface area (TPSA) is 61.4 Å². The molecular formula is C16H24F2N2O2S. The maximum atomic E-state index is 13.9. The fourth-order valence-electron chi connectivity index (χ4n) is 2.18. The molecular weight excluding hydrogens is 322 g/mol. The Morgan fingerprint density at radius 3 is 2.57 bits per heavy atom. The van der Waals surface area contributed by atoms with E-state index >= 15 is 0 Å². The second-order valence-electron chi connectivity index (χ2n) is 6.14. The van der Waals surface area contributed by atoms with Crippen LogP contribution < -0.4 is 10.6 Å². The van der Waals surface area contributed by atoms with Crippen molar-refractivity contribution in [2.45, 2.75) is 32.4 Å². The van der Waals surface area contributed by atoms with Crippen LogP contribution in [0.3, 0.4) is 0 Å². The SMILES string of the molecule is CSCC(C)(O)CNC(=O)NC(c1ccc(F)cc1F)C(C)C. The van der Waals surface area contributed by atoms with Crippen LogP contribution in [0.2, 0.25) is 0 Å². The maximum Gasteiger partial charge on any atom is 0.315 e. The Morgan fingerprint density at radius 2 is 2.04 bits per heavy atom. The van der Waals surface area contributed by atoms with Gasteiger partial charge in [-0.2, -0.15) is 11.8 Å². The summed E-state index contributed by atoms with van der Waals surface area (Å²) in [6.07, 6.45) is 1.86. The molecule has 23 heavy (non-hydrogen) atoms. The van der Waals surface area contributed by atoms with Gasteiger partial charge in [-0.1, -0.05) is 19.9 Å². The number of urea groups is 1. The summed E-state index contributed by atoms with van der Waals surface area (Å²) in [5.74, 6) is -0.967. The Balaban J connectivity index is 2.75. The summed E-state index contributed by atoms with van der Waals surface area (Å²) in [4.78, 5) is 12.0. The molecule has 0 fully saturated rings. The average Bonchev–Trinajstić information content (AvgIpc) is 2.43.